The highest BCUT2D eigenvalue weighted by Gasteiger charge is 2.43. The number of aromatic nitrogens is 1. The number of nitrogens with two attached hydrogens (primary N) is 1. The summed E-state index contributed by atoms with van der Waals surface area (Å²) in [6.45, 7) is -0.0247. The van der Waals surface area contributed by atoms with Crippen LogP contribution in [0.15, 0.2) is 36.5 Å². The van der Waals surface area contributed by atoms with Gasteiger partial charge in [-0.15, -0.1) is 0 Å². The molecule has 0 saturated carbocycles. The van der Waals surface area contributed by atoms with Gasteiger partial charge in [0.05, 0.1) is 12.7 Å². The first kappa shape index (κ1) is 20.2. The quantitative estimate of drug-likeness (QED) is 0.780. The fourth-order valence-corrected chi connectivity index (χ4v) is 4.36. The lowest BCUT2D eigenvalue weighted by molar-refractivity contribution is -0.134. The lowest BCUT2D eigenvalue weighted by Gasteiger charge is -2.39. The van der Waals surface area contributed by atoms with E-state index in [9.17, 15) is 18.4 Å². The van der Waals surface area contributed by atoms with Crippen molar-refractivity contribution in [3.8, 4) is 11.6 Å². The second-order valence-corrected chi connectivity index (χ2v) is 7.59. The van der Waals surface area contributed by atoms with E-state index in [2.05, 4.69) is 10.3 Å². The molecule has 2 amide bonds. The van der Waals surface area contributed by atoms with Crippen molar-refractivity contribution in [2.45, 2.75) is 43.8 Å². The average Bonchev–Trinajstić information content (AvgIpc) is 3.00. The minimum absolute atomic E-state index is 0.0247. The molecule has 3 N–H and O–H groups in total. The molecular weight excluding hydrogens is 394 g/mol. The van der Waals surface area contributed by atoms with Crippen LogP contribution >= 0.6 is 0 Å². The zero-order valence-corrected chi connectivity index (χ0v) is 16.2. The van der Waals surface area contributed by atoms with Crippen LogP contribution in [0.2, 0.25) is 0 Å². The van der Waals surface area contributed by atoms with Crippen LogP contribution in [0.4, 0.5) is 8.78 Å². The van der Waals surface area contributed by atoms with E-state index in [0.29, 0.717) is 12.8 Å². The molecule has 2 bridgehead atoms. The van der Waals surface area contributed by atoms with Crippen molar-refractivity contribution in [2.24, 2.45) is 5.73 Å². The molecule has 1 aromatic heterocycles. The first-order valence-electron chi connectivity index (χ1n) is 9.85. The summed E-state index contributed by atoms with van der Waals surface area (Å²) in [5.41, 5.74) is 5.46. The molecule has 30 heavy (non-hydrogen) atoms. The third kappa shape index (κ3) is 4.11. The van der Waals surface area contributed by atoms with Gasteiger partial charge in [0.15, 0.2) is 0 Å². The van der Waals surface area contributed by atoms with Gasteiger partial charge in [-0.1, -0.05) is 0 Å². The molecule has 1 aromatic carbocycles. The number of rotatable bonds is 5. The number of benzene rings is 1. The Labute approximate surface area is 172 Å². The molecule has 2 aromatic rings. The fraction of sp³-hybridized carbons (Fsp3) is 0.381. The number of carbonyl (C=O) groups excluding carboxylic acids is 2. The molecule has 9 heteroatoms. The maximum atomic E-state index is 13.8. The standard InChI is InChI=1S/C21H22F2N4O3/c22-12-1-5-17(6-2-12)30-21-18(7-13(23)11-25-21)20(29)26-14-8-15-3-4-16(9-14)27(15)19(28)10-24/h1-2,5-7,11,14-16H,3-4,8-10,24H2,(H,26,29)/t14?,15-,16+. The van der Waals surface area contributed by atoms with Gasteiger partial charge in [0, 0.05) is 18.1 Å². The summed E-state index contributed by atoms with van der Waals surface area (Å²) in [5.74, 6) is -1.48. The minimum Gasteiger partial charge on any atom is -0.438 e. The van der Waals surface area contributed by atoms with Crippen LogP contribution in [0.3, 0.4) is 0 Å². The number of carbonyl (C=O) groups is 2. The number of nitrogens with zero attached hydrogens (tertiary/aromatic N) is 2. The van der Waals surface area contributed by atoms with Crippen molar-refractivity contribution >= 4 is 11.8 Å². The van der Waals surface area contributed by atoms with E-state index in [1.807, 2.05) is 4.90 Å². The Morgan fingerprint density at radius 1 is 1.13 bits per heavy atom. The van der Waals surface area contributed by atoms with E-state index in [1.165, 1.54) is 24.3 Å². The predicted molar refractivity (Wildman–Crippen MR) is 104 cm³/mol. The summed E-state index contributed by atoms with van der Waals surface area (Å²) in [6, 6.07) is 6.21. The number of pyridine rings is 1. The van der Waals surface area contributed by atoms with Crippen LogP contribution < -0.4 is 15.8 Å². The second kappa shape index (κ2) is 8.35. The van der Waals surface area contributed by atoms with Crippen molar-refractivity contribution in [3.05, 3.63) is 53.7 Å². The summed E-state index contributed by atoms with van der Waals surface area (Å²) in [5, 5.41) is 2.92. The molecule has 2 saturated heterocycles. The van der Waals surface area contributed by atoms with Crippen molar-refractivity contribution in [3.63, 3.8) is 0 Å². The minimum atomic E-state index is -0.671. The third-order valence-corrected chi connectivity index (χ3v) is 5.62. The molecule has 2 aliphatic rings. The molecule has 7 nitrogen and oxygen atoms in total. The van der Waals surface area contributed by atoms with Gasteiger partial charge in [0.2, 0.25) is 11.8 Å². The smallest absolute Gasteiger partial charge is 0.257 e. The van der Waals surface area contributed by atoms with Gasteiger partial charge >= 0.3 is 0 Å². The van der Waals surface area contributed by atoms with Gasteiger partial charge in [-0.3, -0.25) is 9.59 Å². The Hall–Kier alpha value is -3.07. The SMILES string of the molecule is NCC(=O)N1[C@@H]2CC[C@H]1CC(NC(=O)c1cc(F)cnc1Oc1ccc(F)cc1)C2. The Kier molecular flexibility index (Phi) is 5.63. The Morgan fingerprint density at radius 2 is 1.80 bits per heavy atom. The van der Waals surface area contributed by atoms with E-state index in [0.717, 1.165) is 25.1 Å². The van der Waals surface area contributed by atoms with E-state index in [-0.39, 0.29) is 47.8 Å². The lowest BCUT2D eigenvalue weighted by atomic mass is 9.96. The first-order chi connectivity index (χ1) is 14.4. The highest BCUT2D eigenvalue weighted by atomic mass is 19.1. The summed E-state index contributed by atoms with van der Waals surface area (Å²) in [6.07, 6.45) is 3.94. The molecular formula is C21H22F2N4O3. The zero-order chi connectivity index (χ0) is 21.3. The van der Waals surface area contributed by atoms with Crippen LogP contribution in [-0.2, 0) is 4.79 Å². The summed E-state index contributed by atoms with van der Waals surface area (Å²) >= 11 is 0. The second-order valence-electron chi connectivity index (χ2n) is 7.59. The molecule has 1 unspecified atom stereocenters. The largest absolute Gasteiger partial charge is 0.438 e. The Morgan fingerprint density at radius 3 is 2.43 bits per heavy atom. The number of amides is 2. The Bertz CT molecular complexity index is 940. The molecule has 3 atom stereocenters. The molecule has 0 aliphatic carbocycles. The zero-order valence-electron chi connectivity index (χ0n) is 16.2. The van der Waals surface area contributed by atoms with Crippen LogP contribution in [0.25, 0.3) is 0 Å². The van der Waals surface area contributed by atoms with Gasteiger partial charge in [-0.05, 0) is 56.0 Å². The number of piperidine rings is 1. The number of fused-ring (bicyclic) bond motifs is 2. The maximum Gasteiger partial charge on any atom is 0.257 e. The molecule has 2 aliphatic heterocycles. The summed E-state index contributed by atoms with van der Waals surface area (Å²) in [7, 11) is 0. The molecule has 158 valence electrons. The van der Waals surface area contributed by atoms with E-state index in [1.54, 1.807) is 0 Å². The van der Waals surface area contributed by atoms with Crippen molar-refractivity contribution in [1.82, 2.24) is 15.2 Å². The Balaban J connectivity index is 1.48. The van der Waals surface area contributed by atoms with Crippen LogP contribution in [0.5, 0.6) is 11.6 Å². The van der Waals surface area contributed by atoms with Gasteiger partial charge in [-0.25, -0.2) is 13.8 Å². The fourth-order valence-electron chi connectivity index (χ4n) is 4.36. The maximum absolute atomic E-state index is 13.8. The first-order valence-corrected chi connectivity index (χ1v) is 9.85. The van der Waals surface area contributed by atoms with Crippen molar-refractivity contribution in [1.29, 1.82) is 0 Å². The normalized spacial score (nSPS) is 22.6. The molecule has 0 spiro atoms. The van der Waals surface area contributed by atoms with Crippen molar-refractivity contribution in [2.75, 3.05) is 6.54 Å². The molecule has 4 rings (SSSR count). The average molecular weight is 416 g/mol. The summed E-state index contributed by atoms with van der Waals surface area (Å²) in [4.78, 5) is 30.7. The molecule has 3 heterocycles. The number of halogens is 2. The highest BCUT2D eigenvalue weighted by Crippen LogP contribution is 2.36. The van der Waals surface area contributed by atoms with Gasteiger partial charge in [0.1, 0.15) is 22.9 Å². The van der Waals surface area contributed by atoms with Crippen LogP contribution in [-0.4, -0.2) is 46.4 Å². The number of nitrogens with one attached hydrogen (secondary N) is 1. The van der Waals surface area contributed by atoms with Gasteiger partial charge in [0.25, 0.3) is 5.91 Å². The monoisotopic (exact) mass is 416 g/mol. The van der Waals surface area contributed by atoms with E-state index < -0.39 is 17.5 Å². The highest BCUT2D eigenvalue weighted by molar-refractivity contribution is 5.96. The van der Waals surface area contributed by atoms with Gasteiger partial charge in [-0.2, -0.15) is 0 Å². The van der Waals surface area contributed by atoms with Gasteiger partial charge < -0.3 is 20.7 Å². The topological polar surface area (TPSA) is 97.6 Å². The third-order valence-electron chi connectivity index (χ3n) is 5.62. The number of hydrogen-bond donors (Lipinski definition) is 2. The van der Waals surface area contributed by atoms with E-state index >= 15 is 0 Å². The summed E-state index contributed by atoms with van der Waals surface area (Å²) < 4.78 is 32.5. The lowest BCUT2D eigenvalue weighted by Crippen LogP contribution is -2.53. The van der Waals surface area contributed by atoms with E-state index in [4.69, 9.17) is 10.5 Å². The van der Waals surface area contributed by atoms with Crippen LogP contribution in [0.1, 0.15) is 36.0 Å². The van der Waals surface area contributed by atoms with Crippen molar-refractivity contribution < 1.29 is 23.1 Å². The predicted octanol–water partition coefficient (Wildman–Crippen LogP) is 2.36. The number of hydrogen-bond acceptors (Lipinski definition) is 5. The molecule has 2 fully saturated rings. The van der Waals surface area contributed by atoms with Crippen LogP contribution in [0, 0.1) is 11.6 Å². The number of ether oxygens (including phenoxy) is 1. The molecule has 0 radical (unpaired) electrons.